The molecular formula is C16H12F3N3O. The molecule has 2 aliphatic rings. The first-order valence-electron chi connectivity index (χ1n) is 7.36. The minimum atomic E-state index is -1.57. The lowest BCUT2D eigenvalue weighted by atomic mass is 9.94. The summed E-state index contributed by atoms with van der Waals surface area (Å²) >= 11 is 0. The fraction of sp³-hybridized carbons (Fsp3) is 0.375. The molecule has 2 aliphatic heterocycles. The molecular weight excluding hydrogens is 307 g/mol. The van der Waals surface area contributed by atoms with Crippen LogP contribution in [-0.4, -0.2) is 23.2 Å². The van der Waals surface area contributed by atoms with Crippen LogP contribution in [0.1, 0.15) is 24.8 Å². The van der Waals surface area contributed by atoms with E-state index in [1.165, 1.54) is 6.20 Å². The zero-order chi connectivity index (χ0) is 16.1. The van der Waals surface area contributed by atoms with Crippen molar-refractivity contribution < 1.29 is 17.9 Å². The van der Waals surface area contributed by atoms with Crippen LogP contribution in [0.15, 0.2) is 12.3 Å². The molecule has 1 N–H and O–H groups in total. The summed E-state index contributed by atoms with van der Waals surface area (Å²) in [6.45, 7) is 0. The number of nitrogens with one attached hydrogen (secondary N) is 1. The Morgan fingerprint density at radius 3 is 2.74 bits per heavy atom. The van der Waals surface area contributed by atoms with E-state index in [0.29, 0.717) is 0 Å². The topological polar surface area (TPSA) is 57.9 Å². The first-order valence-corrected chi connectivity index (χ1v) is 7.36. The quantitative estimate of drug-likeness (QED) is 0.863. The molecule has 0 spiro atoms. The Kier molecular flexibility index (Phi) is 3.16. The first kappa shape index (κ1) is 14.3. The van der Waals surface area contributed by atoms with Gasteiger partial charge in [0.2, 0.25) is 0 Å². The summed E-state index contributed by atoms with van der Waals surface area (Å²) in [6.07, 6.45) is 4.04. The molecule has 2 bridgehead atoms. The molecule has 1 aromatic heterocycles. The Morgan fingerprint density at radius 2 is 2.09 bits per heavy atom. The molecule has 0 aliphatic carbocycles. The van der Waals surface area contributed by atoms with Crippen LogP contribution in [0.2, 0.25) is 0 Å². The zero-order valence-electron chi connectivity index (χ0n) is 11.9. The fourth-order valence-electron chi connectivity index (χ4n) is 3.46. The predicted octanol–water partition coefficient (Wildman–Crippen LogP) is 3.26. The zero-order valence-corrected chi connectivity index (χ0v) is 11.9. The summed E-state index contributed by atoms with van der Waals surface area (Å²) in [4.78, 5) is 3.76. The maximum absolute atomic E-state index is 13.9. The number of nitrogens with zero attached hydrogens (tertiary/aromatic N) is 2. The minimum Gasteiger partial charge on any atom is -0.378 e. The molecule has 2 aromatic rings. The number of benzene rings is 1. The third-order valence-corrected chi connectivity index (χ3v) is 4.55. The molecule has 0 saturated carbocycles. The van der Waals surface area contributed by atoms with Gasteiger partial charge in [-0.25, -0.2) is 13.2 Å². The van der Waals surface area contributed by atoms with Gasteiger partial charge < -0.3 is 10.1 Å². The monoisotopic (exact) mass is 319 g/mol. The van der Waals surface area contributed by atoms with Crippen molar-refractivity contribution in [3.63, 3.8) is 0 Å². The summed E-state index contributed by atoms with van der Waals surface area (Å²) in [5.74, 6) is -4.22. The smallest absolute Gasteiger partial charge is 0.196 e. The lowest BCUT2D eigenvalue weighted by Crippen LogP contribution is -2.31. The van der Waals surface area contributed by atoms with E-state index in [4.69, 9.17) is 4.74 Å². The molecule has 1 aromatic carbocycles. The Morgan fingerprint density at radius 1 is 1.26 bits per heavy atom. The number of nitriles is 1. The number of anilines is 1. The van der Waals surface area contributed by atoms with Crippen molar-refractivity contribution in [2.75, 3.05) is 5.32 Å². The molecule has 7 heteroatoms. The average Bonchev–Trinajstić information content (AvgIpc) is 3.16. The highest BCUT2D eigenvalue weighted by molar-refractivity contribution is 5.94. The van der Waals surface area contributed by atoms with Crippen LogP contribution in [-0.2, 0) is 4.74 Å². The standard InChI is InChI=1S/C16H12F3N3O/c17-10-4-9-15(22-11-3-8-1-2-12(11)23-8)7(5-20)6-21-16(9)14(19)13(10)18/h4,6,8,11-12H,1-3H2,(H,21,22)/t8-,11-,12-/m1/s1. The summed E-state index contributed by atoms with van der Waals surface area (Å²) in [5.41, 5.74) is 0.136. The summed E-state index contributed by atoms with van der Waals surface area (Å²) in [7, 11) is 0. The number of hydrogen-bond donors (Lipinski definition) is 1. The van der Waals surface area contributed by atoms with E-state index in [2.05, 4.69) is 10.3 Å². The number of fused-ring (bicyclic) bond motifs is 3. The fourth-order valence-corrected chi connectivity index (χ4v) is 3.46. The highest BCUT2D eigenvalue weighted by Gasteiger charge is 2.41. The van der Waals surface area contributed by atoms with Crippen LogP contribution in [0.3, 0.4) is 0 Å². The third kappa shape index (κ3) is 2.13. The number of ether oxygens (including phenoxy) is 1. The minimum absolute atomic E-state index is 0.0184. The molecule has 4 rings (SSSR count). The average molecular weight is 319 g/mol. The van der Waals surface area contributed by atoms with E-state index in [1.54, 1.807) is 0 Å². The molecule has 0 amide bonds. The van der Waals surface area contributed by atoms with E-state index >= 15 is 0 Å². The van der Waals surface area contributed by atoms with Crippen molar-refractivity contribution in [2.45, 2.75) is 37.5 Å². The van der Waals surface area contributed by atoms with E-state index in [-0.39, 0.29) is 40.4 Å². The number of pyridine rings is 1. The molecule has 4 nitrogen and oxygen atoms in total. The Hall–Kier alpha value is -2.33. The molecule has 3 atom stereocenters. The van der Waals surface area contributed by atoms with E-state index in [0.717, 1.165) is 25.3 Å². The number of aromatic nitrogens is 1. The molecule has 2 fully saturated rings. The van der Waals surface area contributed by atoms with Crippen LogP contribution in [0.5, 0.6) is 0 Å². The molecule has 23 heavy (non-hydrogen) atoms. The molecule has 118 valence electrons. The maximum Gasteiger partial charge on any atom is 0.196 e. The summed E-state index contributed by atoms with van der Waals surface area (Å²) in [5, 5.41) is 12.5. The van der Waals surface area contributed by atoms with Gasteiger partial charge >= 0.3 is 0 Å². The SMILES string of the molecule is N#Cc1cnc2c(F)c(F)c(F)cc2c1N[C@@H]1C[C@H]2CC[C@H]1O2. The second-order valence-corrected chi connectivity index (χ2v) is 5.90. The largest absolute Gasteiger partial charge is 0.378 e. The van der Waals surface area contributed by atoms with Crippen molar-refractivity contribution in [1.82, 2.24) is 4.98 Å². The van der Waals surface area contributed by atoms with Crippen LogP contribution in [0.4, 0.5) is 18.9 Å². The van der Waals surface area contributed by atoms with E-state index in [1.807, 2.05) is 6.07 Å². The second-order valence-electron chi connectivity index (χ2n) is 5.90. The number of rotatable bonds is 2. The Labute approximate surface area is 129 Å². The maximum atomic E-state index is 13.9. The normalized spacial score (nSPS) is 25.7. The highest BCUT2D eigenvalue weighted by Crippen LogP contribution is 2.38. The van der Waals surface area contributed by atoms with Gasteiger partial charge in [0.1, 0.15) is 11.6 Å². The van der Waals surface area contributed by atoms with Gasteiger partial charge in [0.05, 0.1) is 29.5 Å². The summed E-state index contributed by atoms with van der Waals surface area (Å²) < 4.78 is 46.7. The molecule has 0 unspecified atom stereocenters. The van der Waals surface area contributed by atoms with E-state index in [9.17, 15) is 18.4 Å². The Balaban J connectivity index is 1.85. The highest BCUT2D eigenvalue weighted by atomic mass is 19.2. The van der Waals surface area contributed by atoms with Gasteiger partial charge in [-0.15, -0.1) is 0 Å². The molecule has 0 radical (unpaired) electrons. The number of hydrogen-bond acceptors (Lipinski definition) is 4. The van der Waals surface area contributed by atoms with Crippen molar-refractivity contribution in [1.29, 1.82) is 5.26 Å². The number of halogens is 3. The van der Waals surface area contributed by atoms with E-state index < -0.39 is 17.5 Å². The van der Waals surface area contributed by atoms with Crippen LogP contribution in [0.25, 0.3) is 10.9 Å². The summed E-state index contributed by atoms with van der Waals surface area (Å²) in [6, 6.07) is 2.79. The van der Waals surface area contributed by atoms with Gasteiger partial charge in [0, 0.05) is 11.6 Å². The molecule has 2 saturated heterocycles. The van der Waals surface area contributed by atoms with Gasteiger partial charge in [-0.3, -0.25) is 4.98 Å². The van der Waals surface area contributed by atoms with Gasteiger partial charge in [-0.1, -0.05) is 0 Å². The lowest BCUT2D eigenvalue weighted by Gasteiger charge is -2.23. The third-order valence-electron chi connectivity index (χ3n) is 4.55. The van der Waals surface area contributed by atoms with Crippen LogP contribution in [0, 0.1) is 28.8 Å². The van der Waals surface area contributed by atoms with Crippen molar-refractivity contribution >= 4 is 16.6 Å². The van der Waals surface area contributed by atoms with Crippen LogP contribution >= 0.6 is 0 Å². The van der Waals surface area contributed by atoms with Gasteiger partial charge in [0.15, 0.2) is 17.5 Å². The molecule has 3 heterocycles. The van der Waals surface area contributed by atoms with Gasteiger partial charge in [0.25, 0.3) is 0 Å². The van der Waals surface area contributed by atoms with Crippen molar-refractivity contribution in [3.05, 3.63) is 35.3 Å². The van der Waals surface area contributed by atoms with Gasteiger partial charge in [-0.05, 0) is 25.3 Å². The first-order chi connectivity index (χ1) is 11.1. The van der Waals surface area contributed by atoms with Crippen molar-refractivity contribution in [2.24, 2.45) is 0 Å². The van der Waals surface area contributed by atoms with Crippen molar-refractivity contribution in [3.8, 4) is 6.07 Å². The Bertz CT molecular complexity index is 849. The lowest BCUT2D eigenvalue weighted by molar-refractivity contribution is 0.102. The van der Waals surface area contributed by atoms with Gasteiger partial charge in [-0.2, -0.15) is 5.26 Å². The van der Waals surface area contributed by atoms with Crippen LogP contribution < -0.4 is 5.32 Å². The second kappa shape index (κ2) is 5.10. The predicted molar refractivity (Wildman–Crippen MR) is 76.3 cm³/mol.